The summed E-state index contributed by atoms with van der Waals surface area (Å²) in [6, 6.07) is 11.0. The molecule has 1 aromatic carbocycles. The maximum absolute atomic E-state index is 12.3. The van der Waals surface area contributed by atoms with E-state index in [0.29, 0.717) is 22.7 Å². The fourth-order valence-corrected chi connectivity index (χ4v) is 3.16. The highest BCUT2D eigenvalue weighted by Gasteiger charge is 2.13. The number of hydrogen-bond acceptors (Lipinski definition) is 5. The zero-order chi connectivity index (χ0) is 17.1. The van der Waals surface area contributed by atoms with Crippen LogP contribution in [0.1, 0.15) is 30.0 Å². The number of rotatable bonds is 5. The van der Waals surface area contributed by atoms with Crippen LogP contribution in [0.3, 0.4) is 0 Å². The molecule has 1 unspecified atom stereocenters. The van der Waals surface area contributed by atoms with E-state index in [1.54, 1.807) is 19.1 Å². The third kappa shape index (κ3) is 3.72. The van der Waals surface area contributed by atoms with Gasteiger partial charge in [0.05, 0.1) is 18.2 Å². The van der Waals surface area contributed by atoms with Crippen molar-refractivity contribution >= 4 is 22.9 Å². The lowest BCUT2D eigenvalue weighted by atomic mass is 10.1. The van der Waals surface area contributed by atoms with E-state index in [1.165, 1.54) is 11.3 Å². The molecule has 3 rings (SSSR count). The van der Waals surface area contributed by atoms with Crippen molar-refractivity contribution in [1.82, 2.24) is 4.98 Å². The summed E-state index contributed by atoms with van der Waals surface area (Å²) in [7, 11) is 0. The number of para-hydroxylation sites is 1. The van der Waals surface area contributed by atoms with Crippen LogP contribution in [-0.4, -0.2) is 16.0 Å². The molecule has 0 bridgehead atoms. The fourth-order valence-electron chi connectivity index (χ4n) is 2.38. The molecule has 1 atom stereocenters. The van der Waals surface area contributed by atoms with Gasteiger partial charge in [-0.3, -0.25) is 4.79 Å². The monoisotopic (exact) mass is 342 g/mol. The van der Waals surface area contributed by atoms with Crippen molar-refractivity contribution < 1.29 is 14.3 Å². The Morgan fingerprint density at radius 1 is 1.33 bits per heavy atom. The molecule has 0 aliphatic carbocycles. The molecular weight excluding hydrogens is 324 g/mol. The zero-order valence-electron chi connectivity index (χ0n) is 13.4. The van der Waals surface area contributed by atoms with Gasteiger partial charge in [-0.05, 0) is 32.0 Å². The van der Waals surface area contributed by atoms with E-state index in [-0.39, 0.29) is 12.3 Å². The van der Waals surface area contributed by atoms with Crippen molar-refractivity contribution in [2.45, 2.75) is 26.4 Å². The number of carbonyl (C=O) groups is 1. The van der Waals surface area contributed by atoms with Crippen LogP contribution in [0.5, 0.6) is 0 Å². The Bertz CT molecular complexity index is 851. The summed E-state index contributed by atoms with van der Waals surface area (Å²) in [5, 5.41) is 15.2. The van der Waals surface area contributed by atoms with Crippen molar-refractivity contribution in [3.05, 3.63) is 58.8 Å². The average molecular weight is 342 g/mol. The number of nitrogens with one attached hydrogen (secondary N) is 1. The van der Waals surface area contributed by atoms with E-state index in [2.05, 4.69) is 10.3 Å². The molecule has 2 heterocycles. The molecule has 2 N–H and O–H groups in total. The van der Waals surface area contributed by atoms with Crippen LogP contribution in [0.25, 0.3) is 10.8 Å². The van der Waals surface area contributed by atoms with Crippen LogP contribution in [-0.2, 0) is 11.2 Å². The van der Waals surface area contributed by atoms with Gasteiger partial charge in [0, 0.05) is 16.6 Å². The SMILES string of the molecule is Cc1ccc(-c2nc(CC(=O)Nc3ccccc3C(C)O)cs2)o1. The highest BCUT2D eigenvalue weighted by Crippen LogP contribution is 2.26. The van der Waals surface area contributed by atoms with E-state index >= 15 is 0 Å². The van der Waals surface area contributed by atoms with Crippen LogP contribution >= 0.6 is 11.3 Å². The number of nitrogens with zero attached hydrogens (tertiary/aromatic N) is 1. The molecule has 2 aromatic heterocycles. The third-order valence-corrected chi connectivity index (χ3v) is 4.44. The fraction of sp³-hybridized carbons (Fsp3) is 0.222. The first-order chi connectivity index (χ1) is 11.5. The predicted octanol–water partition coefficient (Wildman–Crippen LogP) is 3.95. The van der Waals surface area contributed by atoms with Crippen molar-refractivity contribution in [3.8, 4) is 10.8 Å². The molecule has 124 valence electrons. The molecule has 0 spiro atoms. The van der Waals surface area contributed by atoms with Crippen LogP contribution in [0, 0.1) is 6.92 Å². The molecule has 24 heavy (non-hydrogen) atoms. The van der Waals surface area contributed by atoms with Crippen LogP contribution in [0.2, 0.25) is 0 Å². The molecule has 0 saturated heterocycles. The Morgan fingerprint density at radius 3 is 2.83 bits per heavy atom. The standard InChI is InChI=1S/C18H18N2O3S/c1-11-7-8-16(23-11)18-19-13(10-24-18)9-17(22)20-15-6-4-3-5-14(15)12(2)21/h3-8,10,12,21H,9H2,1-2H3,(H,20,22). The summed E-state index contributed by atoms with van der Waals surface area (Å²) in [5.74, 6) is 1.37. The van der Waals surface area contributed by atoms with Gasteiger partial charge in [0.2, 0.25) is 5.91 Å². The van der Waals surface area contributed by atoms with Gasteiger partial charge in [-0.25, -0.2) is 4.98 Å². The number of thiazole rings is 1. The first-order valence-electron chi connectivity index (χ1n) is 7.61. The Balaban J connectivity index is 1.69. The second kappa shape index (κ2) is 6.98. The third-order valence-electron chi connectivity index (χ3n) is 3.53. The molecule has 0 aliphatic rings. The number of hydrogen-bond donors (Lipinski definition) is 2. The Kier molecular flexibility index (Phi) is 4.78. The quantitative estimate of drug-likeness (QED) is 0.736. The van der Waals surface area contributed by atoms with E-state index < -0.39 is 6.10 Å². The Labute approximate surface area is 144 Å². The van der Waals surface area contributed by atoms with Crippen LogP contribution < -0.4 is 5.32 Å². The van der Waals surface area contributed by atoms with E-state index in [1.807, 2.05) is 36.6 Å². The molecule has 3 aromatic rings. The molecule has 6 heteroatoms. The number of aliphatic hydroxyl groups is 1. The molecular formula is C18H18N2O3S. The first-order valence-corrected chi connectivity index (χ1v) is 8.49. The topological polar surface area (TPSA) is 75.4 Å². The summed E-state index contributed by atoms with van der Waals surface area (Å²) in [6.45, 7) is 3.55. The van der Waals surface area contributed by atoms with E-state index in [0.717, 1.165) is 10.8 Å². The highest BCUT2D eigenvalue weighted by atomic mass is 32.1. The van der Waals surface area contributed by atoms with Gasteiger partial charge in [0.1, 0.15) is 5.76 Å². The molecule has 0 radical (unpaired) electrons. The maximum Gasteiger partial charge on any atom is 0.230 e. The summed E-state index contributed by atoms with van der Waals surface area (Å²) >= 11 is 1.45. The molecule has 1 amide bonds. The number of anilines is 1. The van der Waals surface area contributed by atoms with Crippen LogP contribution in [0.4, 0.5) is 5.69 Å². The van der Waals surface area contributed by atoms with Crippen LogP contribution in [0.15, 0.2) is 46.2 Å². The van der Waals surface area contributed by atoms with Crippen molar-refractivity contribution in [2.75, 3.05) is 5.32 Å². The molecule has 0 saturated carbocycles. The maximum atomic E-state index is 12.3. The van der Waals surface area contributed by atoms with Gasteiger partial charge in [-0.2, -0.15) is 0 Å². The van der Waals surface area contributed by atoms with Gasteiger partial charge >= 0.3 is 0 Å². The summed E-state index contributed by atoms with van der Waals surface area (Å²) in [4.78, 5) is 16.7. The van der Waals surface area contributed by atoms with Gasteiger partial charge in [0.25, 0.3) is 0 Å². The minimum Gasteiger partial charge on any atom is -0.459 e. The smallest absolute Gasteiger partial charge is 0.230 e. The number of carbonyl (C=O) groups excluding carboxylic acids is 1. The number of amides is 1. The zero-order valence-corrected chi connectivity index (χ0v) is 14.3. The van der Waals surface area contributed by atoms with Gasteiger partial charge in [0.15, 0.2) is 10.8 Å². The summed E-state index contributed by atoms with van der Waals surface area (Å²) in [5.41, 5.74) is 2.00. The molecule has 0 fully saturated rings. The number of furan rings is 1. The summed E-state index contributed by atoms with van der Waals surface area (Å²) < 4.78 is 5.55. The Hall–Kier alpha value is -2.44. The molecule has 5 nitrogen and oxygen atoms in total. The molecule has 0 aliphatic heterocycles. The second-order valence-corrected chi connectivity index (χ2v) is 6.40. The number of aromatic nitrogens is 1. The van der Waals surface area contributed by atoms with Gasteiger partial charge in [-0.15, -0.1) is 11.3 Å². The van der Waals surface area contributed by atoms with Gasteiger partial charge < -0.3 is 14.8 Å². The minimum atomic E-state index is -0.644. The van der Waals surface area contributed by atoms with Crippen molar-refractivity contribution in [3.63, 3.8) is 0 Å². The van der Waals surface area contributed by atoms with E-state index in [9.17, 15) is 9.90 Å². The van der Waals surface area contributed by atoms with E-state index in [4.69, 9.17) is 4.42 Å². The number of benzene rings is 1. The average Bonchev–Trinajstić information content (AvgIpc) is 3.16. The lowest BCUT2D eigenvalue weighted by Crippen LogP contribution is -2.16. The normalized spacial score (nSPS) is 12.1. The van der Waals surface area contributed by atoms with Crippen molar-refractivity contribution in [1.29, 1.82) is 0 Å². The number of aliphatic hydroxyl groups excluding tert-OH is 1. The first kappa shape index (κ1) is 16.4. The second-order valence-electron chi connectivity index (χ2n) is 5.54. The number of aryl methyl sites for hydroxylation is 1. The summed E-state index contributed by atoms with van der Waals surface area (Å²) in [6.07, 6.45) is -0.473. The lowest BCUT2D eigenvalue weighted by Gasteiger charge is -2.12. The lowest BCUT2D eigenvalue weighted by molar-refractivity contribution is -0.115. The minimum absolute atomic E-state index is 0.171. The van der Waals surface area contributed by atoms with Crippen molar-refractivity contribution in [2.24, 2.45) is 0 Å². The van der Waals surface area contributed by atoms with Gasteiger partial charge in [-0.1, -0.05) is 18.2 Å². The predicted molar refractivity (Wildman–Crippen MR) is 94.0 cm³/mol. The highest BCUT2D eigenvalue weighted by molar-refractivity contribution is 7.13. The largest absolute Gasteiger partial charge is 0.459 e. The Morgan fingerprint density at radius 2 is 2.12 bits per heavy atom.